The molecule has 22 heavy (non-hydrogen) atoms. The Hall–Kier alpha value is -2.18. The molecule has 0 radical (unpaired) electrons. The van der Waals surface area contributed by atoms with E-state index in [4.69, 9.17) is 23.5 Å². The van der Waals surface area contributed by atoms with Gasteiger partial charge in [-0.05, 0) is 24.3 Å². The van der Waals surface area contributed by atoms with E-state index in [1.807, 2.05) is 0 Å². The second-order valence-electron chi connectivity index (χ2n) is 4.03. The van der Waals surface area contributed by atoms with E-state index in [0.29, 0.717) is 4.90 Å². The Morgan fingerprint density at radius 2 is 1.59 bits per heavy atom. The first-order valence-electron chi connectivity index (χ1n) is 5.83. The van der Waals surface area contributed by atoms with E-state index in [1.54, 1.807) is 6.07 Å². The number of imide groups is 1. The third-order valence-electron chi connectivity index (χ3n) is 2.72. The maximum absolute atomic E-state index is 13.7. The van der Waals surface area contributed by atoms with Crippen LogP contribution < -0.4 is 4.90 Å². The average Bonchev–Trinajstić information content (AvgIpc) is 2.49. The van der Waals surface area contributed by atoms with Gasteiger partial charge in [0.25, 0.3) is 5.91 Å². The summed E-state index contributed by atoms with van der Waals surface area (Å²) in [6.45, 7) is 0. The molecule has 0 N–H and O–H groups in total. The van der Waals surface area contributed by atoms with Crippen LogP contribution in [0.3, 0.4) is 0 Å². The summed E-state index contributed by atoms with van der Waals surface area (Å²) in [6, 6.07) is 8.55. The van der Waals surface area contributed by atoms with Gasteiger partial charge in [-0.3, -0.25) is 4.79 Å². The van der Waals surface area contributed by atoms with E-state index >= 15 is 0 Å². The van der Waals surface area contributed by atoms with Gasteiger partial charge in [0, 0.05) is 0 Å². The summed E-state index contributed by atoms with van der Waals surface area (Å²) in [5.74, 6) is -3.57. The molecule has 0 spiro atoms. The van der Waals surface area contributed by atoms with Gasteiger partial charge in [-0.2, -0.15) is 0 Å². The predicted octanol–water partition coefficient (Wildman–Crippen LogP) is 4.56. The van der Waals surface area contributed by atoms with Crippen molar-refractivity contribution in [2.45, 2.75) is 0 Å². The molecule has 0 fully saturated rings. The van der Waals surface area contributed by atoms with E-state index in [-0.39, 0.29) is 10.7 Å². The highest BCUT2D eigenvalue weighted by molar-refractivity contribution is 6.36. The molecule has 2 aromatic rings. The number of benzene rings is 2. The Morgan fingerprint density at radius 3 is 2.14 bits per heavy atom. The smallest absolute Gasteiger partial charge is 0.330 e. The fourth-order valence-corrected chi connectivity index (χ4v) is 2.06. The molecule has 0 saturated heterocycles. The minimum Gasteiger partial charge on any atom is -0.330 e. The van der Waals surface area contributed by atoms with Crippen LogP contribution in [0.2, 0.25) is 5.02 Å². The second-order valence-corrected chi connectivity index (χ2v) is 4.59. The van der Waals surface area contributed by atoms with Crippen LogP contribution in [0.15, 0.2) is 42.5 Å². The first-order valence-corrected chi connectivity index (χ1v) is 6.51. The van der Waals surface area contributed by atoms with Crippen LogP contribution in [-0.4, -0.2) is 12.0 Å². The summed E-state index contributed by atoms with van der Waals surface area (Å²) < 4.78 is 31.5. The Morgan fingerprint density at radius 1 is 1.00 bits per heavy atom. The molecular formula is C14H7Cl2F2NO3. The lowest BCUT2D eigenvalue weighted by Crippen LogP contribution is -2.37. The van der Waals surface area contributed by atoms with E-state index in [2.05, 4.69) is 4.29 Å². The van der Waals surface area contributed by atoms with Crippen molar-refractivity contribution >= 4 is 41.2 Å². The quantitative estimate of drug-likeness (QED) is 0.801. The normalized spacial score (nSPS) is 10.2. The van der Waals surface area contributed by atoms with Gasteiger partial charge >= 0.3 is 6.09 Å². The second kappa shape index (κ2) is 6.72. The zero-order valence-electron chi connectivity index (χ0n) is 10.7. The number of para-hydroxylation sites is 1. The van der Waals surface area contributed by atoms with Crippen LogP contribution in [0.25, 0.3) is 0 Å². The van der Waals surface area contributed by atoms with Crippen molar-refractivity contribution < 1.29 is 22.7 Å². The molecule has 0 heterocycles. The number of carbonyl (C=O) groups is 2. The highest BCUT2D eigenvalue weighted by atomic mass is 35.5. The molecule has 114 valence electrons. The number of hydrogen-bond donors (Lipinski definition) is 0. The summed E-state index contributed by atoms with van der Waals surface area (Å²) in [7, 11) is 0. The van der Waals surface area contributed by atoms with Gasteiger partial charge in [0.2, 0.25) is 0 Å². The Labute approximate surface area is 134 Å². The molecule has 0 saturated carbocycles. The Balaban J connectivity index is 2.58. The summed E-state index contributed by atoms with van der Waals surface area (Å²) in [5, 5.41) is -0.00494. The Kier molecular flexibility index (Phi) is 4.95. The molecule has 4 nitrogen and oxygen atoms in total. The SMILES string of the molecule is O=C(OCl)N(C(=O)c1c(F)cccc1F)c1ccccc1Cl. The van der Waals surface area contributed by atoms with E-state index in [0.717, 1.165) is 18.2 Å². The number of halogens is 4. The molecule has 8 heteroatoms. The van der Waals surface area contributed by atoms with Crippen molar-refractivity contribution in [3.05, 3.63) is 64.7 Å². The summed E-state index contributed by atoms with van der Waals surface area (Å²) in [6.07, 6.45) is -1.34. The minimum absolute atomic E-state index is 0.00494. The van der Waals surface area contributed by atoms with Crippen LogP contribution in [0, 0.1) is 11.6 Å². The summed E-state index contributed by atoms with van der Waals surface area (Å²) >= 11 is 10.9. The van der Waals surface area contributed by atoms with E-state index in [1.165, 1.54) is 18.2 Å². The Bertz CT molecular complexity index is 720. The van der Waals surface area contributed by atoms with Crippen molar-refractivity contribution in [1.82, 2.24) is 0 Å². The highest BCUT2D eigenvalue weighted by Gasteiger charge is 2.31. The molecule has 0 aliphatic heterocycles. The van der Waals surface area contributed by atoms with Crippen molar-refractivity contribution in [2.24, 2.45) is 0 Å². The molecule has 0 bridgehead atoms. The van der Waals surface area contributed by atoms with Gasteiger partial charge in [-0.1, -0.05) is 29.8 Å². The zero-order valence-corrected chi connectivity index (χ0v) is 12.2. The van der Waals surface area contributed by atoms with Crippen LogP contribution in [0.4, 0.5) is 19.3 Å². The topological polar surface area (TPSA) is 46.6 Å². The van der Waals surface area contributed by atoms with Crippen LogP contribution >= 0.6 is 23.5 Å². The highest BCUT2D eigenvalue weighted by Crippen LogP contribution is 2.28. The number of nitrogens with zero attached hydrogens (tertiary/aromatic N) is 1. The number of carbonyl (C=O) groups excluding carboxylic acids is 2. The van der Waals surface area contributed by atoms with Crippen LogP contribution in [0.1, 0.15) is 10.4 Å². The lowest BCUT2D eigenvalue weighted by atomic mass is 10.1. The fourth-order valence-electron chi connectivity index (χ4n) is 1.77. The van der Waals surface area contributed by atoms with Crippen LogP contribution in [-0.2, 0) is 4.29 Å². The van der Waals surface area contributed by atoms with E-state index < -0.39 is 29.2 Å². The van der Waals surface area contributed by atoms with Gasteiger partial charge in [0.15, 0.2) is 0 Å². The molecule has 0 aromatic heterocycles. The molecular weight excluding hydrogens is 339 g/mol. The lowest BCUT2D eigenvalue weighted by molar-refractivity contribution is 0.0978. The molecule has 0 unspecified atom stereocenters. The lowest BCUT2D eigenvalue weighted by Gasteiger charge is -2.20. The van der Waals surface area contributed by atoms with E-state index in [9.17, 15) is 18.4 Å². The number of amides is 2. The first-order chi connectivity index (χ1) is 10.5. The van der Waals surface area contributed by atoms with Crippen molar-refractivity contribution in [3.8, 4) is 0 Å². The van der Waals surface area contributed by atoms with Gasteiger partial charge in [0.05, 0.1) is 10.7 Å². The number of hydrogen-bond acceptors (Lipinski definition) is 3. The van der Waals surface area contributed by atoms with Crippen LogP contribution in [0.5, 0.6) is 0 Å². The fraction of sp³-hybridized carbons (Fsp3) is 0. The maximum Gasteiger partial charge on any atom is 0.439 e. The monoisotopic (exact) mass is 345 g/mol. The standard InChI is InChI=1S/C14H7Cl2F2NO3/c15-8-4-1-2-7-11(8)19(14(21)22-16)13(20)12-9(17)5-3-6-10(12)18/h1-7H. The average molecular weight is 346 g/mol. The van der Waals surface area contributed by atoms with Crippen molar-refractivity contribution in [3.63, 3.8) is 0 Å². The molecule has 0 aliphatic carbocycles. The molecule has 2 amide bonds. The third kappa shape index (κ3) is 3.03. The number of anilines is 1. The van der Waals surface area contributed by atoms with Gasteiger partial charge in [-0.15, -0.1) is 0 Å². The molecule has 2 aromatic carbocycles. The van der Waals surface area contributed by atoms with Crippen molar-refractivity contribution in [2.75, 3.05) is 4.90 Å². The van der Waals surface area contributed by atoms with Crippen molar-refractivity contribution in [1.29, 1.82) is 0 Å². The zero-order chi connectivity index (χ0) is 16.3. The predicted molar refractivity (Wildman–Crippen MR) is 77.0 cm³/mol. The minimum atomic E-state index is -1.34. The third-order valence-corrected chi connectivity index (χ3v) is 3.17. The van der Waals surface area contributed by atoms with Gasteiger partial charge in [0.1, 0.15) is 29.1 Å². The summed E-state index contributed by atoms with van der Waals surface area (Å²) in [5.41, 5.74) is -1.05. The molecule has 2 rings (SSSR count). The maximum atomic E-state index is 13.7. The molecule has 0 atom stereocenters. The largest absolute Gasteiger partial charge is 0.439 e. The first kappa shape index (κ1) is 16.2. The van der Waals surface area contributed by atoms with Gasteiger partial charge in [-0.25, -0.2) is 18.5 Å². The number of rotatable bonds is 2. The molecule has 0 aliphatic rings. The summed E-state index contributed by atoms with van der Waals surface area (Å²) in [4.78, 5) is 24.5. The van der Waals surface area contributed by atoms with Gasteiger partial charge < -0.3 is 4.29 Å².